The number of likely N-dealkylation sites (tertiary alicyclic amines) is 1. The molecule has 0 bridgehead atoms. The molecule has 0 aromatic carbocycles. The summed E-state index contributed by atoms with van der Waals surface area (Å²) in [7, 11) is -1.87. The molecule has 19 heavy (non-hydrogen) atoms. The van der Waals surface area contributed by atoms with Gasteiger partial charge in [0.25, 0.3) is 0 Å². The van der Waals surface area contributed by atoms with Crippen LogP contribution >= 0.6 is 0 Å². The first kappa shape index (κ1) is 14.8. The van der Waals surface area contributed by atoms with Crippen molar-refractivity contribution in [2.75, 3.05) is 19.7 Å². The number of hydrogen-bond donors (Lipinski definition) is 1. The van der Waals surface area contributed by atoms with Crippen LogP contribution in [0.3, 0.4) is 0 Å². The van der Waals surface area contributed by atoms with E-state index in [-0.39, 0.29) is 23.2 Å². The van der Waals surface area contributed by atoms with Gasteiger partial charge >= 0.3 is 6.09 Å². The molecule has 5 nitrogen and oxygen atoms in total. The van der Waals surface area contributed by atoms with Gasteiger partial charge in [-0.15, -0.1) is 0 Å². The van der Waals surface area contributed by atoms with E-state index in [0.717, 1.165) is 6.61 Å². The van der Waals surface area contributed by atoms with Crippen molar-refractivity contribution in [3.63, 3.8) is 0 Å². The second-order valence-corrected chi connectivity index (χ2v) is 11.9. The predicted octanol–water partition coefficient (Wildman–Crippen LogP) is 2.39. The molecule has 110 valence electrons. The molecule has 2 aliphatic rings. The van der Waals surface area contributed by atoms with E-state index in [1.165, 1.54) is 4.90 Å². The molecular formula is C13H25NO4Si. The number of epoxide rings is 1. The van der Waals surface area contributed by atoms with Crippen LogP contribution in [0.5, 0.6) is 0 Å². The summed E-state index contributed by atoms with van der Waals surface area (Å²) in [6, 6.07) is 0. The van der Waals surface area contributed by atoms with Crippen LogP contribution in [0.4, 0.5) is 4.79 Å². The van der Waals surface area contributed by atoms with Crippen molar-refractivity contribution in [3.05, 3.63) is 0 Å². The maximum absolute atomic E-state index is 11.1. The third-order valence-corrected chi connectivity index (χ3v) is 9.17. The second-order valence-electron chi connectivity index (χ2n) is 7.14. The minimum absolute atomic E-state index is 0.00973. The summed E-state index contributed by atoms with van der Waals surface area (Å²) >= 11 is 0. The minimum atomic E-state index is -1.87. The smallest absolute Gasteiger partial charge is 0.407 e. The zero-order chi connectivity index (χ0) is 14.4. The van der Waals surface area contributed by atoms with Gasteiger partial charge in [0.1, 0.15) is 0 Å². The third-order valence-electron chi connectivity index (χ3n) is 4.67. The molecule has 2 fully saturated rings. The monoisotopic (exact) mass is 287 g/mol. The molecule has 0 aliphatic carbocycles. The number of carbonyl (C=O) groups is 1. The molecular weight excluding hydrogens is 262 g/mol. The fourth-order valence-corrected chi connectivity index (χ4v) is 3.65. The number of ether oxygens (including phenoxy) is 1. The number of carboxylic acid groups (broad SMARTS) is 1. The lowest BCUT2D eigenvalue weighted by atomic mass is 10.0. The molecule has 0 radical (unpaired) electrons. The Bertz CT molecular complexity index is 362. The standard InChI is InChI=1S/C13H25NO4Si/c1-13(2,3)19(4,5)18-10-7-14(12(15)16)6-9(10)11-8-17-11/h9-11H,6-8H2,1-5H3,(H,15,16)/t9?,10?,11-/m0/s1. The molecule has 0 aromatic rings. The van der Waals surface area contributed by atoms with Gasteiger partial charge in [0, 0.05) is 19.0 Å². The number of rotatable bonds is 3. The van der Waals surface area contributed by atoms with Gasteiger partial charge in [-0.1, -0.05) is 20.8 Å². The molecule has 0 spiro atoms. The van der Waals surface area contributed by atoms with Crippen molar-refractivity contribution in [2.45, 2.75) is 51.1 Å². The van der Waals surface area contributed by atoms with E-state index in [9.17, 15) is 4.79 Å². The maximum Gasteiger partial charge on any atom is 0.407 e. The normalized spacial score (nSPS) is 31.6. The summed E-state index contributed by atoms with van der Waals surface area (Å²) in [4.78, 5) is 12.6. The van der Waals surface area contributed by atoms with Crippen molar-refractivity contribution in [1.82, 2.24) is 4.90 Å². The Hall–Kier alpha value is -0.593. The summed E-state index contributed by atoms with van der Waals surface area (Å²) in [5.74, 6) is 0.199. The number of nitrogens with zero attached hydrogens (tertiary/aromatic N) is 1. The van der Waals surface area contributed by atoms with Crippen molar-refractivity contribution >= 4 is 14.4 Å². The average molecular weight is 287 g/mol. The Morgan fingerprint density at radius 1 is 1.37 bits per heavy atom. The van der Waals surface area contributed by atoms with Crippen molar-refractivity contribution in [3.8, 4) is 0 Å². The van der Waals surface area contributed by atoms with E-state index in [0.29, 0.717) is 13.1 Å². The summed E-state index contributed by atoms with van der Waals surface area (Å²) in [5.41, 5.74) is 0. The molecule has 2 aliphatic heterocycles. The topological polar surface area (TPSA) is 62.3 Å². The summed E-state index contributed by atoms with van der Waals surface area (Å²) in [6.45, 7) is 12.8. The highest BCUT2D eigenvalue weighted by Crippen LogP contribution is 2.40. The zero-order valence-corrected chi connectivity index (χ0v) is 13.5. The van der Waals surface area contributed by atoms with Gasteiger partial charge in [0.15, 0.2) is 8.32 Å². The Kier molecular flexibility index (Phi) is 3.70. The zero-order valence-electron chi connectivity index (χ0n) is 12.5. The van der Waals surface area contributed by atoms with Crippen LogP contribution in [0.25, 0.3) is 0 Å². The SMILES string of the molecule is CC(C)(C)[Si](C)(C)OC1CN(C(=O)O)CC1[C@@H]1CO1. The van der Waals surface area contributed by atoms with Gasteiger partial charge in [-0.25, -0.2) is 4.79 Å². The fourth-order valence-electron chi connectivity index (χ4n) is 2.29. The van der Waals surface area contributed by atoms with E-state index in [1.54, 1.807) is 0 Å². The highest BCUT2D eigenvalue weighted by molar-refractivity contribution is 6.74. The van der Waals surface area contributed by atoms with Crippen molar-refractivity contribution < 1.29 is 19.1 Å². The van der Waals surface area contributed by atoms with Crippen LogP contribution in [-0.2, 0) is 9.16 Å². The van der Waals surface area contributed by atoms with Crippen LogP contribution in [0.2, 0.25) is 18.1 Å². The first-order valence-electron chi connectivity index (χ1n) is 6.89. The Balaban J connectivity index is 2.07. The molecule has 2 unspecified atom stereocenters. The Morgan fingerprint density at radius 2 is 1.95 bits per heavy atom. The van der Waals surface area contributed by atoms with Crippen LogP contribution in [0.1, 0.15) is 20.8 Å². The molecule has 6 heteroatoms. The van der Waals surface area contributed by atoms with Gasteiger partial charge in [-0.3, -0.25) is 0 Å². The van der Waals surface area contributed by atoms with Gasteiger partial charge in [-0.2, -0.15) is 0 Å². The predicted molar refractivity (Wildman–Crippen MR) is 74.9 cm³/mol. The molecule has 2 rings (SSSR count). The van der Waals surface area contributed by atoms with Gasteiger partial charge < -0.3 is 19.2 Å². The lowest BCUT2D eigenvalue weighted by Gasteiger charge is -2.39. The first-order chi connectivity index (χ1) is 8.62. The lowest BCUT2D eigenvalue weighted by molar-refractivity contribution is 0.128. The van der Waals surface area contributed by atoms with E-state index in [2.05, 4.69) is 33.9 Å². The number of hydrogen-bond acceptors (Lipinski definition) is 3. The quantitative estimate of drug-likeness (QED) is 0.639. The lowest BCUT2D eigenvalue weighted by Crippen LogP contribution is -2.46. The molecule has 0 saturated carbocycles. The van der Waals surface area contributed by atoms with E-state index >= 15 is 0 Å². The van der Waals surface area contributed by atoms with Gasteiger partial charge in [0.05, 0.1) is 18.8 Å². The van der Waals surface area contributed by atoms with Crippen LogP contribution in [0.15, 0.2) is 0 Å². The molecule has 1 amide bonds. The minimum Gasteiger partial charge on any atom is -0.465 e. The molecule has 2 saturated heterocycles. The molecule has 0 aromatic heterocycles. The van der Waals surface area contributed by atoms with E-state index in [4.69, 9.17) is 14.3 Å². The number of amides is 1. The average Bonchev–Trinajstić information content (AvgIpc) is 2.98. The van der Waals surface area contributed by atoms with Crippen molar-refractivity contribution in [2.24, 2.45) is 5.92 Å². The maximum atomic E-state index is 11.1. The first-order valence-corrected chi connectivity index (χ1v) is 9.80. The van der Waals surface area contributed by atoms with E-state index < -0.39 is 14.4 Å². The molecule has 2 heterocycles. The van der Waals surface area contributed by atoms with Crippen molar-refractivity contribution in [1.29, 1.82) is 0 Å². The molecule has 3 atom stereocenters. The Morgan fingerprint density at radius 3 is 2.37 bits per heavy atom. The van der Waals surface area contributed by atoms with Gasteiger partial charge in [0.2, 0.25) is 0 Å². The summed E-state index contributed by atoms with van der Waals surface area (Å²) < 4.78 is 11.8. The summed E-state index contributed by atoms with van der Waals surface area (Å²) in [5, 5.41) is 9.29. The van der Waals surface area contributed by atoms with Crippen LogP contribution in [0, 0.1) is 5.92 Å². The summed E-state index contributed by atoms with van der Waals surface area (Å²) in [6.07, 6.45) is -0.671. The van der Waals surface area contributed by atoms with Crippen LogP contribution in [-0.4, -0.2) is 56.3 Å². The van der Waals surface area contributed by atoms with Gasteiger partial charge in [-0.05, 0) is 18.1 Å². The van der Waals surface area contributed by atoms with Crippen LogP contribution < -0.4 is 0 Å². The highest BCUT2D eigenvalue weighted by atomic mass is 28.4. The van der Waals surface area contributed by atoms with E-state index in [1.807, 2.05) is 0 Å². The largest absolute Gasteiger partial charge is 0.465 e. The fraction of sp³-hybridized carbons (Fsp3) is 0.923. The highest BCUT2D eigenvalue weighted by Gasteiger charge is 2.49. The third kappa shape index (κ3) is 3.12. The molecule has 1 N–H and O–H groups in total. The Labute approximate surface area is 116 Å². The second kappa shape index (κ2) is 4.75.